The SMILES string of the molecule is CC(CCCNC(=O)[C@H]1CCCC(=O)N1)NC(=O)C1(C(=O)N2CCCC2)CC1. The number of piperidine rings is 1. The van der Waals surface area contributed by atoms with E-state index in [-0.39, 0.29) is 29.7 Å². The predicted octanol–water partition coefficient (Wildman–Crippen LogP) is 0.459. The van der Waals surface area contributed by atoms with Crippen molar-refractivity contribution in [1.29, 1.82) is 0 Å². The molecule has 3 rings (SSSR count). The topological polar surface area (TPSA) is 108 Å². The van der Waals surface area contributed by atoms with E-state index in [1.807, 2.05) is 11.8 Å². The molecule has 0 bridgehead atoms. The number of nitrogens with one attached hydrogen (secondary N) is 3. The summed E-state index contributed by atoms with van der Waals surface area (Å²) in [6.45, 7) is 3.97. The molecule has 1 saturated carbocycles. The lowest BCUT2D eigenvalue weighted by Crippen LogP contribution is -2.49. The van der Waals surface area contributed by atoms with Gasteiger partial charge in [0.1, 0.15) is 11.5 Å². The van der Waals surface area contributed by atoms with Crippen molar-refractivity contribution < 1.29 is 19.2 Å². The predicted molar refractivity (Wildman–Crippen MR) is 103 cm³/mol. The van der Waals surface area contributed by atoms with Crippen molar-refractivity contribution in [3.8, 4) is 0 Å². The minimum atomic E-state index is -0.827. The lowest BCUT2D eigenvalue weighted by Gasteiger charge is -2.24. The van der Waals surface area contributed by atoms with Gasteiger partial charge in [-0.05, 0) is 58.3 Å². The molecule has 156 valence electrons. The molecule has 3 aliphatic rings. The van der Waals surface area contributed by atoms with Gasteiger partial charge in [-0.1, -0.05) is 0 Å². The summed E-state index contributed by atoms with van der Waals surface area (Å²) in [6, 6.07) is -0.479. The van der Waals surface area contributed by atoms with Crippen LogP contribution in [0.4, 0.5) is 0 Å². The average molecular weight is 393 g/mol. The van der Waals surface area contributed by atoms with E-state index in [1.165, 1.54) is 0 Å². The maximum atomic E-state index is 12.6. The van der Waals surface area contributed by atoms with Gasteiger partial charge >= 0.3 is 0 Å². The van der Waals surface area contributed by atoms with Crippen molar-refractivity contribution in [3.63, 3.8) is 0 Å². The Hall–Kier alpha value is -2.12. The highest BCUT2D eigenvalue weighted by Crippen LogP contribution is 2.48. The first kappa shape index (κ1) is 20.6. The highest BCUT2D eigenvalue weighted by Gasteiger charge is 2.58. The van der Waals surface area contributed by atoms with Crippen LogP contribution in [0.3, 0.4) is 0 Å². The van der Waals surface area contributed by atoms with Crippen LogP contribution in [0.5, 0.6) is 0 Å². The van der Waals surface area contributed by atoms with Gasteiger partial charge in [0.25, 0.3) is 0 Å². The molecule has 0 aromatic heterocycles. The number of nitrogens with zero attached hydrogens (tertiary/aromatic N) is 1. The van der Waals surface area contributed by atoms with Gasteiger partial charge in [-0.2, -0.15) is 0 Å². The van der Waals surface area contributed by atoms with E-state index >= 15 is 0 Å². The zero-order valence-corrected chi connectivity index (χ0v) is 16.7. The Morgan fingerprint density at radius 2 is 1.93 bits per heavy atom. The summed E-state index contributed by atoms with van der Waals surface area (Å²) in [5, 5.41) is 8.55. The summed E-state index contributed by atoms with van der Waals surface area (Å²) in [6.07, 6.45) is 6.68. The Kier molecular flexibility index (Phi) is 6.57. The largest absolute Gasteiger partial charge is 0.354 e. The summed E-state index contributed by atoms with van der Waals surface area (Å²) in [4.78, 5) is 50.6. The molecule has 2 atom stereocenters. The summed E-state index contributed by atoms with van der Waals surface area (Å²) in [5.41, 5.74) is -0.827. The number of amides is 4. The van der Waals surface area contributed by atoms with E-state index in [1.54, 1.807) is 0 Å². The molecule has 3 N–H and O–H groups in total. The molecule has 0 radical (unpaired) electrons. The maximum Gasteiger partial charge on any atom is 0.242 e. The number of hydrogen-bond donors (Lipinski definition) is 3. The van der Waals surface area contributed by atoms with Crippen molar-refractivity contribution in [2.45, 2.75) is 76.8 Å². The second kappa shape index (κ2) is 8.92. The van der Waals surface area contributed by atoms with Crippen LogP contribution in [0.15, 0.2) is 0 Å². The number of likely N-dealkylation sites (tertiary alicyclic amines) is 1. The zero-order valence-electron chi connectivity index (χ0n) is 16.7. The first-order valence-electron chi connectivity index (χ1n) is 10.6. The molecule has 4 amide bonds. The fraction of sp³-hybridized carbons (Fsp3) is 0.800. The molecule has 1 aliphatic carbocycles. The van der Waals surface area contributed by atoms with Crippen molar-refractivity contribution in [2.75, 3.05) is 19.6 Å². The summed E-state index contributed by atoms with van der Waals surface area (Å²) in [7, 11) is 0. The molecular weight excluding hydrogens is 360 g/mol. The van der Waals surface area contributed by atoms with E-state index in [9.17, 15) is 19.2 Å². The number of carbonyl (C=O) groups excluding carboxylic acids is 4. The number of carbonyl (C=O) groups is 4. The first-order valence-corrected chi connectivity index (χ1v) is 10.6. The molecule has 1 unspecified atom stereocenters. The monoisotopic (exact) mass is 392 g/mol. The smallest absolute Gasteiger partial charge is 0.242 e. The van der Waals surface area contributed by atoms with E-state index < -0.39 is 11.5 Å². The van der Waals surface area contributed by atoms with Crippen LogP contribution in [-0.4, -0.2) is 60.2 Å². The average Bonchev–Trinajstić information content (AvgIpc) is 3.31. The Morgan fingerprint density at radius 3 is 2.57 bits per heavy atom. The maximum absolute atomic E-state index is 12.6. The van der Waals surface area contributed by atoms with Gasteiger partial charge in [-0.3, -0.25) is 19.2 Å². The highest BCUT2D eigenvalue weighted by molar-refractivity contribution is 6.08. The molecule has 0 spiro atoms. The van der Waals surface area contributed by atoms with Gasteiger partial charge in [0, 0.05) is 32.1 Å². The van der Waals surface area contributed by atoms with Gasteiger partial charge in [0.15, 0.2) is 0 Å². The van der Waals surface area contributed by atoms with Crippen LogP contribution < -0.4 is 16.0 Å². The van der Waals surface area contributed by atoms with Gasteiger partial charge in [-0.25, -0.2) is 0 Å². The van der Waals surface area contributed by atoms with Crippen molar-refractivity contribution in [2.24, 2.45) is 5.41 Å². The highest BCUT2D eigenvalue weighted by atomic mass is 16.2. The molecule has 0 aromatic rings. The molecule has 2 heterocycles. The Morgan fingerprint density at radius 1 is 1.21 bits per heavy atom. The molecule has 2 aliphatic heterocycles. The second-order valence-corrected chi connectivity index (χ2v) is 8.40. The van der Waals surface area contributed by atoms with Crippen molar-refractivity contribution in [3.05, 3.63) is 0 Å². The summed E-state index contributed by atoms with van der Waals surface area (Å²) in [5.74, 6) is -0.361. The molecule has 2 saturated heterocycles. The van der Waals surface area contributed by atoms with Crippen LogP contribution in [0.2, 0.25) is 0 Å². The van der Waals surface area contributed by atoms with Crippen LogP contribution in [0.1, 0.15) is 64.7 Å². The second-order valence-electron chi connectivity index (χ2n) is 8.40. The summed E-state index contributed by atoms with van der Waals surface area (Å²) < 4.78 is 0. The van der Waals surface area contributed by atoms with Gasteiger partial charge in [0.2, 0.25) is 23.6 Å². The van der Waals surface area contributed by atoms with Crippen molar-refractivity contribution >= 4 is 23.6 Å². The molecule has 28 heavy (non-hydrogen) atoms. The fourth-order valence-corrected chi connectivity index (χ4v) is 4.07. The number of hydrogen-bond acceptors (Lipinski definition) is 4. The van der Waals surface area contributed by atoms with Crippen LogP contribution in [0.25, 0.3) is 0 Å². The Bertz CT molecular complexity index is 626. The molecule has 8 nitrogen and oxygen atoms in total. The van der Waals surface area contributed by atoms with Crippen LogP contribution in [-0.2, 0) is 19.2 Å². The van der Waals surface area contributed by atoms with Gasteiger partial charge < -0.3 is 20.9 Å². The molecular formula is C20H32N4O4. The quantitative estimate of drug-likeness (QED) is 0.412. The Labute approximate surface area is 166 Å². The first-order chi connectivity index (χ1) is 13.4. The summed E-state index contributed by atoms with van der Waals surface area (Å²) >= 11 is 0. The minimum absolute atomic E-state index is 0.00325. The third-order valence-electron chi connectivity index (χ3n) is 6.03. The zero-order chi connectivity index (χ0) is 20.1. The van der Waals surface area contributed by atoms with E-state index in [0.29, 0.717) is 32.2 Å². The van der Waals surface area contributed by atoms with E-state index in [2.05, 4.69) is 16.0 Å². The van der Waals surface area contributed by atoms with E-state index in [0.717, 1.165) is 45.2 Å². The van der Waals surface area contributed by atoms with Crippen LogP contribution >= 0.6 is 0 Å². The van der Waals surface area contributed by atoms with Gasteiger partial charge in [-0.15, -0.1) is 0 Å². The number of rotatable bonds is 8. The van der Waals surface area contributed by atoms with Crippen LogP contribution in [0, 0.1) is 5.41 Å². The third kappa shape index (κ3) is 4.83. The normalized spacial score (nSPS) is 24.2. The molecule has 0 aromatic carbocycles. The molecule has 8 heteroatoms. The lowest BCUT2D eigenvalue weighted by molar-refractivity contribution is -0.143. The minimum Gasteiger partial charge on any atom is -0.354 e. The molecule has 3 fully saturated rings. The van der Waals surface area contributed by atoms with E-state index in [4.69, 9.17) is 0 Å². The van der Waals surface area contributed by atoms with Gasteiger partial charge in [0.05, 0.1) is 0 Å². The third-order valence-corrected chi connectivity index (χ3v) is 6.03. The standard InChI is InChI=1S/C20H32N4O4/c1-14(6-5-11-21-17(26)15-7-4-8-16(25)23-15)22-18(27)20(9-10-20)19(28)24-12-2-3-13-24/h14-15H,2-13H2,1H3,(H,21,26)(H,22,27)(H,23,25)/t14?,15-/m1/s1. The van der Waals surface area contributed by atoms with Crippen molar-refractivity contribution in [1.82, 2.24) is 20.9 Å². The fourth-order valence-electron chi connectivity index (χ4n) is 4.07. The Balaban J connectivity index is 1.34. The lowest BCUT2D eigenvalue weighted by atomic mass is 10.0.